The Hall–Kier alpha value is -0.250. The van der Waals surface area contributed by atoms with Crippen LogP contribution >= 0.6 is 0 Å². The first-order valence-electron chi connectivity index (χ1n) is 3.26. The molecular formula is C6H11F3N-. The van der Waals surface area contributed by atoms with Crippen LogP contribution in [0.15, 0.2) is 0 Å². The maximum Gasteiger partial charge on any atom is 0.387 e. The van der Waals surface area contributed by atoms with Crippen molar-refractivity contribution in [1.82, 2.24) is 0 Å². The Morgan fingerprint density at radius 1 is 1.20 bits per heavy atom. The van der Waals surface area contributed by atoms with Crippen molar-refractivity contribution < 1.29 is 13.2 Å². The molecule has 0 atom stereocenters. The number of rotatable bonds is 4. The molecule has 0 aliphatic heterocycles. The molecule has 0 unspecified atom stereocenters. The lowest BCUT2D eigenvalue weighted by Gasteiger charge is -2.17. The zero-order valence-corrected chi connectivity index (χ0v) is 5.91. The van der Waals surface area contributed by atoms with Crippen molar-refractivity contribution in [2.24, 2.45) is 0 Å². The summed E-state index contributed by atoms with van der Waals surface area (Å²) in [6, 6.07) is 0. The molecule has 0 rings (SSSR count). The van der Waals surface area contributed by atoms with E-state index in [1.165, 1.54) is 0 Å². The second-order valence-electron chi connectivity index (χ2n) is 2.04. The van der Waals surface area contributed by atoms with Gasteiger partial charge in [-0.1, -0.05) is 13.3 Å². The molecule has 0 fully saturated rings. The number of hydrogen-bond acceptors (Lipinski definition) is 0. The van der Waals surface area contributed by atoms with Crippen molar-refractivity contribution in [3.63, 3.8) is 0 Å². The lowest BCUT2D eigenvalue weighted by molar-refractivity contribution is -0.131. The Morgan fingerprint density at radius 3 is 2.20 bits per heavy atom. The number of hydrogen-bond donors (Lipinski definition) is 0. The molecule has 0 bridgehead atoms. The van der Waals surface area contributed by atoms with E-state index >= 15 is 0 Å². The minimum Gasteiger partial charge on any atom is -0.662 e. The molecule has 0 radical (unpaired) electrons. The van der Waals surface area contributed by atoms with Gasteiger partial charge in [0.2, 0.25) is 0 Å². The van der Waals surface area contributed by atoms with E-state index in [1.54, 1.807) is 0 Å². The van der Waals surface area contributed by atoms with Gasteiger partial charge in [0, 0.05) is 6.42 Å². The molecule has 0 aromatic heterocycles. The fourth-order valence-corrected chi connectivity index (χ4v) is 0.476. The molecule has 0 aromatic carbocycles. The Morgan fingerprint density at radius 2 is 1.80 bits per heavy atom. The van der Waals surface area contributed by atoms with E-state index in [0.717, 1.165) is 6.42 Å². The second kappa shape index (κ2) is 4.55. The van der Waals surface area contributed by atoms with Gasteiger partial charge in [-0.3, -0.25) is 0 Å². The largest absolute Gasteiger partial charge is 0.662 e. The average molecular weight is 154 g/mol. The van der Waals surface area contributed by atoms with Crippen LogP contribution in [-0.2, 0) is 0 Å². The summed E-state index contributed by atoms with van der Waals surface area (Å²) in [5, 5.41) is 3.66. The molecule has 0 aliphatic carbocycles. The Labute approximate surface area is 58.6 Å². The van der Waals surface area contributed by atoms with Crippen LogP contribution in [0.4, 0.5) is 13.2 Å². The molecule has 0 N–H and O–H groups in total. The predicted octanol–water partition coefficient (Wildman–Crippen LogP) is 2.72. The van der Waals surface area contributed by atoms with Crippen LogP contribution in [0, 0.1) is 0 Å². The highest BCUT2D eigenvalue weighted by Gasteiger charge is 2.23. The molecule has 0 aromatic rings. The van der Waals surface area contributed by atoms with Gasteiger partial charge in [-0.05, 0) is 0 Å². The third-order valence-corrected chi connectivity index (χ3v) is 0.935. The van der Waals surface area contributed by atoms with Gasteiger partial charge in [-0.2, -0.15) is 13.2 Å². The Balaban J connectivity index is 3.04. The molecule has 0 saturated heterocycles. The van der Waals surface area contributed by atoms with Gasteiger partial charge in [0.15, 0.2) is 0 Å². The van der Waals surface area contributed by atoms with Gasteiger partial charge >= 0.3 is 6.18 Å². The van der Waals surface area contributed by atoms with Gasteiger partial charge in [-0.15, -0.1) is 13.1 Å². The standard InChI is InChI=1S/C6H11F3N/c1-2-4-10-5-3-6(7,8)9/h2-5H2,1H3/q-1. The summed E-state index contributed by atoms with van der Waals surface area (Å²) in [7, 11) is 0. The molecule has 0 spiro atoms. The van der Waals surface area contributed by atoms with E-state index in [9.17, 15) is 13.2 Å². The summed E-state index contributed by atoms with van der Waals surface area (Å²) in [6.07, 6.45) is -4.01. The van der Waals surface area contributed by atoms with Gasteiger partial charge in [0.25, 0.3) is 0 Å². The van der Waals surface area contributed by atoms with Crippen LogP contribution < -0.4 is 0 Å². The third-order valence-electron chi connectivity index (χ3n) is 0.935. The normalized spacial score (nSPS) is 12.0. The van der Waals surface area contributed by atoms with Crippen molar-refractivity contribution in [3.05, 3.63) is 5.32 Å². The summed E-state index contributed by atoms with van der Waals surface area (Å²) in [5.41, 5.74) is 0. The topological polar surface area (TPSA) is 14.1 Å². The third kappa shape index (κ3) is 7.75. The maximum absolute atomic E-state index is 11.4. The highest BCUT2D eigenvalue weighted by molar-refractivity contribution is 4.78. The quantitative estimate of drug-likeness (QED) is 0.553. The fraction of sp³-hybridized carbons (Fsp3) is 1.00. The zero-order valence-electron chi connectivity index (χ0n) is 5.91. The molecule has 1 nitrogen and oxygen atoms in total. The molecule has 0 aliphatic rings. The van der Waals surface area contributed by atoms with Crippen LogP contribution in [0.1, 0.15) is 19.8 Å². The van der Waals surface area contributed by atoms with Gasteiger partial charge in [0.05, 0.1) is 0 Å². The highest BCUT2D eigenvalue weighted by atomic mass is 19.4. The zero-order chi connectivity index (χ0) is 8.04. The lowest BCUT2D eigenvalue weighted by atomic mass is 10.4. The average Bonchev–Trinajstić information content (AvgIpc) is 1.78. The van der Waals surface area contributed by atoms with Gasteiger partial charge in [0.1, 0.15) is 0 Å². The molecular weight excluding hydrogens is 143 g/mol. The van der Waals surface area contributed by atoms with Crippen LogP contribution in [0.2, 0.25) is 0 Å². The fourth-order valence-electron chi connectivity index (χ4n) is 0.476. The maximum atomic E-state index is 11.4. The smallest absolute Gasteiger partial charge is 0.387 e. The highest BCUT2D eigenvalue weighted by Crippen LogP contribution is 2.19. The summed E-state index contributed by atoms with van der Waals surface area (Å²) in [5.74, 6) is 0. The van der Waals surface area contributed by atoms with Crippen LogP contribution in [0.5, 0.6) is 0 Å². The van der Waals surface area contributed by atoms with Crippen molar-refractivity contribution >= 4 is 0 Å². The number of alkyl halides is 3. The SMILES string of the molecule is CCC[N-]CCC(F)(F)F. The van der Waals surface area contributed by atoms with Crippen molar-refractivity contribution in [3.8, 4) is 0 Å². The minimum absolute atomic E-state index is 0.0860. The lowest BCUT2D eigenvalue weighted by Crippen LogP contribution is -2.09. The van der Waals surface area contributed by atoms with Crippen molar-refractivity contribution in [2.75, 3.05) is 13.1 Å². The Bertz CT molecular complexity index is 79.6. The molecule has 62 valence electrons. The summed E-state index contributed by atoms with van der Waals surface area (Å²) >= 11 is 0. The van der Waals surface area contributed by atoms with Gasteiger partial charge < -0.3 is 5.32 Å². The van der Waals surface area contributed by atoms with E-state index in [0.29, 0.717) is 6.54 Å². The summed E-state index contributed by atoms with van der Waals surface area (Å²) < 4.78 is 34.3. The van der Waals surface area contributed by atoms with E-state index in [-0.39, 0.29) is 6.54 Å². The first kappa shape index (κ1) is 9.75. The van der Waals surface area contributed by atoms with E-state index in [1.807, 2.05) is 6.92 Å². The van der Waals surface area contributed by atoms with E-state index in [2.05, 4.69) is 5.32 Å². The first-order chi connectivity index (χ1) is 4.56. The summed E-state index contributed by atoms with van der Waals surface area (Å²) in [6.45, 7) is 2.34. The van der Waals surface area contributed by atoms with Gasteiger partial charge in [-0.25, -0.2) is 0 Å². The number of halogens is 3. The molecule has 0 saturated carbocycles. The van der Waals surface area contributed by atoms with Crippen molar-refractivity contribution in [2.45, 2.75) is 25.9 Å². The first-order valence-corrected chi connectivity index (χ1v) is 3.26. The predicted molar refractivity (Wildman–Crippen MR) is 34.1 cm³/mol. The summed E-state index contributed by atoms with van der Waals surface area (Å²) in [4.78, 5) is 0. The molecule has 0 heterocycles. The second-order valence-corrected chi connectivity index (χ2v) is 2.04. The van der Waals surface area contributed by atoms with Crippen LogP contribution in [0.3, 0.4) is 0 Å². The number of nitrogens with zero attached hydrogens (tertiary/aromatic N) is 1. The monoisotopic (exact) mass is 154 g/mol. The Kier molecular flexibility index (Phi) is 4.43. The molecule has 0 amide bonds. The molecule has 10 heavy (non-hydrogen) atoms. The van der Waals surface area contributed by atoms with E-state index in [4.69, 9.17) is 0 Å². The minimum atomic E-state index is -4.04. The van der Waals surface area contributed by atoms with Crippen LogP contribution in [0.25, 0.3) is 5.32 Å². The van der Waals surface area contributed by atoms with E-state index < -0.39 is 12.6 Å². The molecule has 4 heteroatoms. The van der Waals surface area contributed by atoms with Crippen molar-refractivity contribution in [1.29, 1.82) is 0 Å². The van der Waals surface area contributed by atoms with Crippen LogP contribution in [-0.4, -0.2) is 19.3 Å².